The first-order chi connectivity index (χ1) is 8.20. The van der Waals surface area contributed by atoms with Crippen LogP contribution in [-0.4, -0.2) is 5.91 Å². The summed E-state index contributed by atoms with van der Waals surface area (Å²) in [5.74, 6) is 5.22. The van der Waals surface area contributed by atoms with Gasteiger partial charge in [0.2, 0.25) is 0 Å². The first-order valence-corrected chi connectivity index (χ1v) is 6.06. The van der Waals surface area contributed by atoms with Crippen LogP contribution < -0.4 is 16.6 Å². The molecule has 2 aromatic rings. The van der Waals surface area contributed by atoms with E-state index in [0.29, 0.717) is 11.3 Å². The lowest BCUT2D eigenvalue weighted by molar-refractivity contribution is 0.102. The van der Waals surface area contributed by atoms with E-state index in [-0.39, 0.29) is 5.91 Å². The molecule has 0 bridgehead atoms. The molecule has 0 saturated carbocycles. The minimum absolute atomic E-state index is 0.167. The summed E-state index contributed by atoms with van der Waals surface area (Å²) in [7, 11) is 0. The Morgan fingerprint density at radius 1 is 1.35 bits per heavy atom. The van der Waals surface area contributed by atoms with Gasteiger partial charge in [0, 0.05) is 5.38 Å². The van der Waals surface area contributed by atoms with E-state index in [1.54, 1.807) is 12.1 Å². The molecule has 0 aliphatic rings. The number of amides is 1. The third kappa shape index (κ3) is 2.64. The Morgan fingerprint density at radius 3 is 2.82 bits per heavy atom. The number of benzene rings is 1. The number of anilines is 2. The monoisotopic (exact) mass is 247 g/mol. The highest BCUT2D eigenvalue weighted by molar-refractivity contribution is 7.08. The Morgan fingerprint density at radius 2 is 2.18 bits per heavy atom. The third-order valence-corrected chi connectivity index (χ3v) is 3.04. The average molecular weight is 247 g/mol. The number of rotatable bonds is 3. The molecule has 17 heavy (non-hydrogen) atoms. The van der Waals surface area contributed by atoms with Gasteiger partial charge in [-0.1, -0.05) is 11.6 Å². The number of hydrazine groups is 1. The number of nitrogens with one attached hydrogen (secondary N) is 2. The van der Waals surface area contributed by atoms with Crippen molar-refractivity contribution >= 4 is 28.6 Å². The second-order valence-electron chi connectivity index (χ2n) is 3.66. The molecule has 88 valence electrons. The van der Waals surface area contributed by atoms with E-state index in [0.717, 1.165) is 11.3 Å². The van der Waals surface area contributed by atoms with Gasteiger partial charge >= 0.3 is 0 Å². The molecule has 4 nitrogen and oxygen atoms in total. The molecule has 0 aliphatic heterocycles. The summed E-state index contributed by atoms with van der Waals surface area (Å²) in [6.45, 7) is 1.93. The number of hydrogen-bond acceptors (Lipinski definition) is 4. The summed E-state index contributed by atoms with van der Waals surface area (Å²) in [6, 6.07) is 7.35. The quantitative estimate of drug-likeness (QED) is 0.577. The SMILES string of the molecule is Cc1ccc(NN)c(C(=O)Nc2ccsc2)c1. The lowest BCUT2D eigenvalue weighted by Gasteiger charge is -2.09. The zero-order valence-electron chi connectivity index (χ0n) is 9.36. The highest BCUT2D eigenvalue weighted by atomic mass is 32.1. The van der Waals surface area contributed by atoms with Crippen molar-refractivity contribution in [1.29, 1.82) is 0 Å². The lowest BCUT2D eigenvalue weighted by atomic mass is 10.1. The fourth-order valence-corrected chi connectivity index (χ4v) is 2.09. The van der Waals surface area contributed by atoms with Crippen LogP contribution in [0.4, 0.5) is 11.4 Å². The van der Waals surface area contributed by atoms with Gasteiger partial charge < -0.3 is 10.7 Å². The van der Waals surface area contributed by atoms with Gasteiger partial charge in [0.15, 0.2) is 0 Å². The van der Waals surface area contributed by atoms with Crippen molar-refractivity contribution in [2.24, 2.45) is 5.84 Å². The number of hydrogen-bond donors (Lipinski definition) is 3. The van der Waals surface area contributed by atoms with Crippen LogP contribution in [0.1, 0.15) is 15.9 Å². The van der Waals surface area contributed by atoms with Crippen LogP contribution in [0, 0.1) is 6.92 Å². The van der Waals surface area contributed by atoms with Crippen LogP contribution in [-0.2, 0) is 0 Å². The molecule has 0 unspecified atom stereocenters. The van der Waals surface area contributed by atoms with Crippen molar-refractivity contribution in [2.75, 3.05) is 10.7 Å². The van der Waals surface area contributed by atoms with Crippen LogP contribution >= 0.6 is 11.3 Å². The van der Waals surface area contributed by atoms with Crippen molar-refractivity contribution in [3.63, 3.8) is 0 Å². The van der Waals surface area contributed by atoms with Gasteiger partial charge in [-0.05, 0) is 30.5 Å². The molecule has 5 heteroatoms. The number of nitrogen functional groups attached to an aromatic ring is 1. The van der Waals surface area contributed by atoms with E-state index in [2.05, 4.69) is 10.7 Å². The molecule has 0 atom stereocenters. The smallest absolute Gasteiger partial charge is 0.257 e. The Balaban J connectivity index is 2.26. The van der Waals surface area contributed by atoms with Gasteiger partial charge in [0.25, 0.3) is 5.91 Å². The minimum atomic E-state index is -0.167. The summed E-state index contributed by atoms with van der Waals surface area (Å²) in [4.78, 5) is 12.0. The average Bonchev–Trinajstić information content (AvgIpc) is 2.81. The topological polar surface area (TPSA) is 67.1 Å². The zero-order valence-corrected chi connectivity index (χ0v) is 10.2. The van der Waals surface area contributed by atoms with E-state index in [1.165, 1.54) is 11.3 Å². The van der Waals surface area contributed by atoms with Gasteiger partial charge in [-0.3, -0.25) is 10.6 Å². The van der Waals surface area contributed by atoms with Crippen molar-refractivity contribution in [3.8, 4) is 0 Å². The number of carbonyl (C=O) groups excluding carboxylic acids is 1. The molecular formula is C12H13N3OS. The summed E-state index contributed by atoms with van der Waals surface area (Å²) >= 11 is 1.53. The Hall–Kier alpha value is -1.85. The fraction of sp³-hybridized carbons (Fsp3) is 0.0833. The van der Waals surface area contributed by atoms with E-state index in [1.807, 2.05) is 29.8 Å². The van der Waals surface area contributed by atoms with Crippen molar-refractivity contribution in [2.45, 2.75) is 6.92 Å². The molecule has 0 saturated heterocycles. The summed E-state index contributed by atoms with van der Waals surface area (Å²) in [6.07, 6.45) is 0. The first-order valence-electron chi connectivity index (χ1n) is 5.11. The molecule has 1 aromatic carbocycles. The second kappa shape index (κ2) is 4.99. The number of nitrogens with two attached hydrogens (primary N) is 1. The maximum absolute atomic E-state index is 12.0. The van der Waals surface area contributed by atoms with Crippen LogP contribution in [0.5, 0.6) is 0 Å². The van der Waals surface area contributed by atoms with Gasteiger partial charge in [-0.25, -0.2) is 0 Å². The Labute approximate surface area is 103 Å². The minimum Gasteiger partial charge on any atom is -0.323 e. The Kier molecular flexibility index (Phi) is 3.41. The lowest BCUT2D eigenvalue weighted by Crippen LogP contribution is -2.17. The molecule has 1 aromatic heterocycles. The van der Waals surface area contributed by atoms with Gasteiger partial charge in [-0.2, -0.15) is 11.3 Å². The van der Waals surface area contributed by atoms with Crippen LogP contribution in [0.15, 0.2) is 35.0 Å². The molecule has 0 radical (unpaired) electrons. The van der Waals surface area contributed by atoms with E-state index in [4.69, 9.17) is 5.84 Å². The predicted molar refractivity (Wildman–Crippen MR) is 71.3 cm³/mol. The van der Waals surface area contributed by atoms with Gasteiger partial charge in [-0.15, -0.1) is 0 Å². The van der Waals surface area contributed by atoms with E-state index >= 15 is 0 Å². The van der Waals surface area contributed by atoms with Gasteiger partial charge in [0.05, 0.1) is 16.9 Å². The molecule has 1 heterocycles. The molecule has 4 N–H and O–H groups in total. The molecular weight excluding hydrogens is 234 g/mol. The number of carbonyl (C=O) groups is 1. The predicted octanol–water partition coefficient (Wildman–Crippen LogP) is 2.59. The van der Waals surface area contributed by atoms with E-state index < -0.39 is 0 Å². The molecule has 2 rings (SSSR count). The van der Waals surface area contributed by atoms with E-state index in [9.17, 15) is 4.79 Å². The summed E-state index contributed by atoms with van der Waals surface area (Å²) < 4.78 is 0. The summed E-state index contributed by atoms with van der Waals surface area (Å²) in [5, 5.41) is 6.60. The highest BCUT2D eigenvalue weighted by Gasteiger charge is 2.11. The van der Waals surface area contributed by atoms with Crippen molar-refractivity contribution in [3.05, 3.63) is 46.2 Å². The van der Waals surface area contributed by atoms with Crippen molar-refractivity contribution < 1.29 is 4.79 Å². The summed E-state index contributed by atoms with van der Waals surface area (Å²) in [5.41, 5.74) is 5.49. The maximum Gasteiger partial charge on any atom is 0.257 e. The third-order valence-electron chi connectivity index (χ3n) is 2.35. The number of thiophene rings is 1. The molecule has 1 amide bonds. The second-order valence-corrected chi connectivity index (χ2v) is 4.44. The van der Waals surface area contributed by atoms with Crippen LogP contribution in [0.2, 0.25) is 0 Å². The molecule has 0 aliphatic carbocycles. The van der Waals surface area contributed by atoms with Gasteiger partial charge in [0.1, 0.15) is 0 Å². The standard InChI is InChI=1S/C12H13N3OS/c1-8-2-3-11(15-13)10(6-8)12(16)14-9-4-5-17-7-9/h2-7,15H,13H2,1H3,(H,14,16). The maximum atomic E-state index is 12.0. The largest absolute Gasteiger partial charge is 0.323 e. The molecule has 0 spiro atoms. The fourth-order valence-electron chi connectivity index (χ4n) is 1.51. The normalized spacial score (nSPS) is 10.0. The molecule has 0 fully saturated rings. The van der Waals surface area contributed by atoms with Crippen molar-refractivity contribution in [1.82, 2.24) is 0 Å². The Bertz CT molecular complexity index is 523. The highest BCUT2D eigenvalue weighted by Crippen LogP contribution is 2.19. The van der Waals surface area contributed by atoms with Crippen LogP contribution in [0.25, 0.3) is 0 Å². The number of aryl methyl sites for hydroxylation is 1. The first kappa shape index (κ1) is 11.6. The zero-order chi connectivity index (χ0) is 12.3. The van der Waals surface area contributed by atoms with Crippen LogP contribution in [0.3, 0.4) is 0 Å².